The van der Waals surface area contributed by atoms with Gasteiger partial charge in [0.1, 0.15) is 29.3 Å². The molecule has 0 spiro atoms. The average molecular weight is 454 g/mol. The second kappa shape index (κ2) is 7.44. The molecule has 5 heterocycles. The molecule has 0 bridgehead atoms. The predicted molar refractivity (Wildman–Crippen MR) is 125 cm³/mol. The summed E-state index contributed by atoms with van der Waals surface area (Å²) in [7, 11) is 1.86. The Hall–Kier alpha value is -4.67. The topological polar surface area (TPSA) is 118 Å². The van der Waals surface area contributed by atoms with Crippen molar-refractivity contribution in [3.63, 3.8) is 0 Å². The van der Waals surface area contributed by atoms with Crippen LogP contribution in [0, 0.1) is 5.82 Å². The number of anilines is 1. The number of nitrogen functional groups attached to an aromatic ring is 1. The van der Waals surface area contributed by atoms with Crippen molar-refractivity contribution in [2.45, 2.75) is 13.0 Å². The van der Waals surface area contributed by atoms with Crippen LogP contribution in [-0.2, 0) is 7.05 Å². The molecule has 0 fully saturated rings. The minimum Gasteiger partial charge on any atom is -0.383 e. The van der Waals surface area contributed by atoms with Crippen LogP contribution in [0.5, 0.6) is 0 Å². The molecular formula is C23H19FN10. The number of rotatable bonds is 4. The number of benzene rings is 1. The summed E-state index contributed by atoms with van der Waals surface area (Å²) in [4.78, 5) is 13.0. The van der Waals surface area contributed by atoms with Gasteiger partial charge in [-0.05, 0) is 19.1 Å². The normalized spacial score (nSPS) is 12.6. The molecule has 6 rings (SSSR count). The Morgan fingerprint density at radius 3 is 2.74 bits per heavy atom. The van der Waals surface area contributed by atoms with Gasteiger partial charge < -0.3 is 5.73 Å². The first-order valence-corrected chi connectivity index (χ1v) is 10.6. The number of pyridine rings is 1. The first-order valence-electron chi connectivity index (χ1n) is 10.6. The third-order valence-corrected chi connectivity index (χ3v) is 6.00. The van der Waals surface area contributed by atoms with Gasteiger partial charge in [0.15, 0.2) is 5.65 Å². The van der Waals surface area contributed by atoms with E-state index in [-0.39, 0.29) is 11.9 Å². The summed E-state index contributed by atoms with van der Waals surface area (Å²) in [5.74, 6) is -0.0318. The van der Waals surface area contributed by atoms with Crippen LogP contribution in [0.25, 0.3) is 38.9 Å². The standard InChI is InChI=1S/C23H19FN10/c1-13(14-7-30-33(11-14)18-6-4-3-5-17(18)24)34-23-20(22(25)27-12-28-23)21(31-34)16-8-26-10-19-15(16)9-29-32(19)2/h3-13H,1-2H3,(H2,25,27,28). The summed E-state index contributed by atoms with van der Waals surface area (Å²) in [5, 5.41) is 15.1. The molecule has 0 amide bonds. The fraction of sp³-hybridized carbons (Fsp3) is 0.130. The van der Waals surface area contributed by atoms with Gasteiger partial charge in [-0.25, -0.2) is 23.7 Å². The van der Waals surface area contributed by atoms with E-state index in [1.54, 1.807) is 58.5 Å². The Labute approximate surface area is 192 Å². The summed E-state index contributed by atoms with van der Waals surface area (Å²) in [5.41, 5.74) is 10.3. The minimum atomic E-state index is -0.353. The number of halogens is 1. The molecule has 0 aliphatic carbocycles. The Balaban J connectivity index is 1.52. The van der Waals surface area contributed by atoms with Gasteiger partial charge in [-0.1, -0.05) is 12.1 Å². The van der Waals surface area contributed by atoms with E-state index >= 15 is 0 Å². The zero-order valence-corrected chi connectivity index (χ0v) is 18.3. The number of aryl methyl sites for hydroxylation is 1. The van der Waals surface area contributed by atoms with E-state index in [2.05, 4.69) is 25.1 Å². The van der Waals surface area contributed by atoms with E-state index < -0.39 is 0 Å². The van der Waals surface area contributed by atoms with Crippen molar-refractivity contribution >= 4 is 27.8 Å². The van der Waals surface area contributed by atoms with E-state index in [1.807, 2.05) is 14.0 Å². The predicted octanol–water partition coefficient (Wildman–Crippen LogP) is 3.29. The van der Waals surface area contributed by atoms with Crippen LogP contribution < -0.4 is 5.73 Å². The van der Waals surface area contributed by atoms with Crippen LogP contribution in [0.4, 0.5) is 10.2 Å². The molecule has 1 atom stereocenters. The van der Waals surface area contributed by atoms with Gasteiger partial charge in [-0.3, -0.25) is 9.67 Å². The fourth-order valence-electron chi connectivity index (χ4n) is 4.17. The van der Waals surface area contributed by atoms with Crippen molar-refractivity contribution in [2.75, 3.05) is 5.73 Å². The lowest BCUT2D eigenvalue weighted by atomic mass is 10.1. The van der Waals surface area contributed by atoms with Crippen molar-refractivity contribution < 1.29 is 4.39 Å². The van der Waals surface area contributed by atoms with Crippen LogP contribution in [0.1, 0.15) is 18.5 Å². The molecular weight excluding hydrogens is 435 g/mol. The van der Waals surface area contributed by atoms with Gasteiger partial charge in [0.05, 0.1) is 35.5 Å². The van der Waals surface area contributed by atoms with Gasteiger partial charge in [-0.2, -0.15) is 15.3 Å². The highest BCUT2D eigenvalue weighted by Gasteiger charge is 2.23. The van der Waals surface area contributed by atoms with E-state index in [9.17, 15) is 4.39 Å². The molecule has 5 aromatic heterocycles. The highest BCUT2D eigenvalue weighted by atomic mass is 19.1. The number of para-hydroxylation sites is 1. The summed E-state index contributed by atoms with van der Waals surface area (Å²) >= 11 is 0. The molecule has 0 radical (unpaired) electrons. The number of fused-ring (bicyclic) bond motifs is 2. The van der Waals surface area contributed by atoms with Crippen LogP contribution in [0.15, 0.2) is 61.6 Å². The van der Waals surface area contributed by atoms with Crippen molar-refractivity contribution in [3.8, 4) is 16.9 Å². The molecule has 34 heavy (non-hydrogen) atoms. The summed E-state index contributed by atoms with van der Waals surface area (Å²) in [6.45, 7) is 1.97. The number of nitrogens with two attached hydrogens (primary N) is 1. The number of hydrogen-bond donors (Lipinski definition) is 1. The molecule has 10 nitrogen and oxygen atoms in total. The van der Waals surface area contributed by atoms with Crippen molar-refractivity contribution in [3.05, 3.63) is 73.0 Å². The molecule has 0 saturated heterocycles. The zero-order chi connectivity index (χ0) is 23.4. The highest BCUT2D eigenvalue weighted by molar-refractivity contribution is 6.04. The summed E-state index contributed by atoms with van der Waals surface area (Å²) < 4.78 is 19.3. The third kappa shape index (κ3) is 2.94. The van der Waals surface area contributed by atoms with Crippen molar-refractivity contribution in [1.82, 2.24) is 44.3 Å². The Morgan fingerprint density at radius 1 is 1.03 bits per heavy atom. The lowest BCUT2D eigenvalue weighted by Crippen LogP contribution is -2.09. The molecule has 11 heteroatoms. The quantitative estimate of drug-likeness (QED) is 0.434. The van der Waals surface area contributed by atoms with Crippen LogP contribution in [0.3, 0.4) is 0 Å². The molecule has 0 saturated carbocycles. The Morgan fingerprint density at radius 2 is 1.88 bits per heavy atom. The van der Waals surface area contributed by atoms with E-state index in [1.165, 1.54) is 17.1 Å². The number of nitrogens with zero attached hydrogens (tertiary/aromatic N) is 9. The first kappa shape index (κ1) is 20.0. The molecule has 0 aliphatic rings. The van der Waals surface area contributed by atoms with E-state index in [0.29, 0.717) is 28.2 Å². The largest absolute Gasteiger partial charge is 0.383 e. The monoisotopic (exact) mass is 454 g/mol. The first-order chi connectivity index (χ1) is 16.5. The lowest BCUT2D eigenvalue weighted by Gasteiger charge is -2.11. The van der Waals surface area contributed by atoms with Crippen LogP contribution in [-0.4, -0.2) is 44.3 Å². The second-order valence-electron chi connectivity index (χ2n) is 7.98. The van der Waals surface area contributed by atoms with Gasteiger partial charge in [0.25, 0.3) is 0 Å². The molecule has 2 N–H and O–H groups in total. The number of aromatic nitrogens is 9. The Bertz CT molecular complexity index is 1680. The van der Waals surface area contributed by atoms with Gasteiger partial charge in [-0.15, -0.1) is 0 Å². The van der Waals surface area contributed by atoms with Crippen molar-refractivity contribution in [2.24, 2.45) is 7.05 Å². The molecule has 6 aromatic rings. The van der Waals surface area contributed by atoms with Gasteiger partial charge >= 0.3 is 0 Å². The van der Waals surface area contributed by atoms with E-state index in [0.717, 1.165) is 22.0 Å². The molecule has 0 aliphatic heterocycles. The number of hydrogen-bond acceptors (Lipinski definition) is 7. The van der Waals surface area contributed by atoms with Crippen LogP contribution in [0.2, 0.25) is 0 Å². The van der Waals surface area contributed by atoms with E-state index in [4.69, 9.17) is 10.8 Å². The van der Waals surface area contributed by atoms with Crippen LogP contribution >= 0.6 is 0 Å². The maximum absolute atomic E-state index is 14.3. The average Bonchev–Trinajstić information content (AvgIpc) is 3.57. The third-order valence-electron chi connectivity index (χ3n) is 6.00. The summed E-state index contributed by atoms with van der Waals surface area (Å²) in [6.07, 6.45) is 10.2. The minimum absolute atomic E-state index is 0.271. The maximum atomic E-state index is 14.3. The van der Waals surface area contributed by atoms with Gasteiger partial charge in [0.2, 0.25) is 0 Å². The van der Waals surface area contributed by atoms with Gasteiger partial charge in [0, 0.05) is 36.0 Å². The second-order valence-corrected chi connectivity index (χ2v) is 7.98. The molecule has 168 valence electrons. The highest BCUT2D eigenvalue weighted by Crippen LogP contribution is 2.35. The summed E-state index contributed by atoms with van der Waals surface area (Å²) in [6, 6.07) is 6.22. The maximum Gasteiger partial charge on any atom is 0.164 e. The smallest absolute Gasteiger partial charge is 0.164 e. The molecule has 1 aromatic carbocycles. The van der Waals surface area contributed by atoms with Crippen molar-refractivity contribution in [1.29, 1.82) is 0 Å². The zero-order valence-electron chi connectivity index (χ0n) is 18.3. The lowest BCUT2D eigenvalue weighted by molar-refractivity contribution is 0.580. The molecule has 1 unspecified atom stereocenters. The SMILES string of the molecule is CC(c1cnn(-c2ccccc2F)c1)n1nc(-c2cncc3c2cnn3C)c2c(N)ncnc21. The Kier molecular flexibility index (Phi) is 4.37. The fourth-order valence-corrected chi connectivity index (χ4v) is 4.17.